The predicted molar refractivity (Wildman–Crippen MR) is 130 cm³/mol. The zero-order valence-corrected chi connectivity index (χ0v) is 19.6. The minimum atomic E-state index is -0.681. The van der Waals surface area contributed by atoms with E-state index in [2.05, 4.69) is 62.5 Å². The fourth-order valence-corrected chi connectivity index (χ4v) is 3.03. The SMILES string of the molecule is CCCCC/C=C\C/C=C\C/C=C\C/C=C\CCC(CCCOCCCC)C(=O)O. The van der Waals surface area contributed by atoms with Gasteiger partial charge in [-0.25, -0.2) is 0 Å². The van der Waals surface area contributed by atoms with Gasteiger partial charge in [-0.1, -0.05) is 81.7 Å². The molecular weight excluding hydrogens is 372 g/mol. The smallest absolute Gasteiger partial charge is 0.306 e. The van der Waals surface area contributed by atoms with Gasteiger partial charge >= 0.3 is 5.97 Å². The van der Waals surface area contributed by atoms with Crippen molar-refractivity contribution in [1.82, 2.24) is 0 Å². The van der Waals surface area contributed by atoms with Crippen LogP contribution >= 0.6 is 0 Å². The molecule has 0 bridgehead atoms. The van der Waals surface area contributed by atoms with Gasteiger partial charge in [-0.15, -0.1) is 0 Å². The van der Waals surface area contributed by atoms with Crippen molar-refractivity contribution >= 4 is 5.97 Å². The zero-order valence-electron chi connectivity index (χ0n) is 19.6. The fourth-order valence-electron chi connectivity index (χ4n) is 3.03. The Morgan fingerprint density at radius 3 is 1.80 bits per heavy atom. The molecule has 0 rings (SSSR count). The molecule has 0 radical (unpaired) electrons. The van der Waals surface area contributed by atoms with Gasteiger partial charge in [-0.3, -0.25) is 4.79 Å². The maximum Gasteiger partial charge on any atom is 0.306 e. The minimum Gasteiger partial charge on any atom is -0.481 e. The molecule has 0 aromatic rings. The van der Waals surface area contributed by atoms with E-state index < -0.39 is 5.97 Å². The molecule has 3 heteroatoms. The van der Waals surface area contributed by atoms with Crippen molar-refractivity contribution in [2.45, 2.75) is 97.3 Å². The Kier molecular flexibility index (Phi) is 22.4. The van der Waals surface area contributed by atoms with E-state index >= 15 is 0 Å². The van der Waals surface area contributed by atoms with Gasteiger partial charge in [-0.05, 0) is 64.2 Å². The number of carboxylic acids is 1. The molecule has 1 atom stereocenters. The van der Waals surface area contributed by atoms with Crippen LogP contribution in [-0.4, -0.2) is 24.3 Å². The number of allylic oxidation sites excluding steroid dienone is 8. The molecule has 0 saturated heterocycles. The number of aliphatic carboxylic acids is 1. The van der Waals surface area contributed by atoms with E-state index in [0.717, 1.165) is 51.6 Å². The molecule has 1 N–H and O–H groups in total. The first-order chi connectivity index (χ1) is 14.7. The number of hydrogen-bond acceptors (Lipinski definition) is 2. The van der Waals surface area contributed by atoms with Crippen LogP contribution in [0.3, 0.4) is 0 Å². The van der Waals surface area contributed by atoms with E-state index in [1.807, 2.05) is 0 Å². The molecule has 0 saturated carbocycles. The third kappa shape index (κ3) is 21.1. The Bertz CT molecular complexity index is 488. The van der Waals surface area contributed by atoms with Crippen LogP contribution in [0.5, 0.6) is 0 Å². The summed E-state index contributed by atoms with van der Waals surface area (Å²) in [5, 5.41) is 9.35. The van der Waals surface area contributed by atoms with E-state index in [4.69, 9.17) is 4.74 Å². The number of rotatable bonds is 21. The van der Waals surface area contributed by atoms with Gasteiger partial charge in [0.05, 0.1) is 5.92 Å². The second-order valence-corrected chi connectivity index (χ2v) is 7.81. The molecule has 0 aliphatic rings. The summed E-state index contributed by atoms with van der Waals surface area (Å²) in [7, 11) is 0. The van der Waals surface area contributed by atoms with Crippen molar-refractivity contribution < 1.29 is 14.6 Å². The predicted octanol–water partition coefficient (Wildman–Crippen LogP) is 8.04. The lowest BCUT2D eigenvalue weighted by Crippen LogP contribution is -2.14. The van der Waals surface area contributed by atoms with Gasteiger partial charge in [0.1, 0.15) is 0 Å². The first-order valence-electron chi connectivity index (χ1n) is 12.1. The van der Waals surface area contributed by atoms with Crippen molar-refractivity contribution in [1.29, 1.82) is 0 Å². The number of carbonyl (C=O) groups is 1. The molecule has 0 spiro atoms. The Morgan fingerprint density at radius 2 is 1.23 bits per heavy atom. The average molecular weight is 419 g/mol. The second kappa shape index (κ2) is 23.7. The Hall–Kier alpha value is -1.61. The van der Waals surface area contributed by atoms with E-state index in [-0.39, 0.29) is 5.92 Å². The van der Waals surface area contributed by atoms with Crippen molar-refractivity contribution in [2.24, 2.45) is 5.92 Å². The topological polar surface area (TPSA) is 46.5 Å². The van der Waals surface area contributed by atoms with E-state index in [9.17, 15) is 9.90 Å². The molecule has 172 valence electrons. The third-order valence-electron chi connectivity index (χ3n) is 4.97. The quantitative estimate of drug-likeness (QED) is 0.151. The molecule has 0 heterocycles. The van der Waals surface area contributed by atoms with Crippen molar-refractivity contribution in [3.8, 4) is 0 Å². The van der Waals surface area contributed by atoms with Crippen LogP contribution in [0.1, 0.15) is 97.3 Å². The van der Waals surface area contributed by atoms with Crippen LogP contribution in [0.25, 0.3) is 0 Å². The largest absolute Gasteiger partial charge is 0.481 e. The number of ether oxygens (including phenoxy) is 1. The molecule has 0 aromatic heterocycles. The molecule has 30 heavy (non-hydrogen) atoms. The average Bonchev–Trinajstić information content (AvgIpc) is 2.74. The van der Waals surface area contributed by atoms with E-state index in [0.29, 0.717) is 19.4 Å². The summed E-state index contributed by atoms with van der Waals surface area (Å²) in [4.78, 5) is 11.4. The Morgan fingerprint density at radius 1 is 0.700 bits per heavy atom. The standard InChI is InChI=1S/C27H46O3/c1-3-5-7-8-9-10-11-12-13-14-15-16-17-18-19-20-22-26(27(28)29)23-21-25-30-24-6-4-2/h9-10,12-13,15-16,18-19,26H,3-8,11,14,17,20-25H2,1-2H3,(H,28,29)/b10-9-,13-12-,16-15-,19-18-. The summed E-state index contributed by atoms with van der Waals surface area (Å²) < 4.78 is 5.52. The summed E-state index contributed by atoms with van der Waals surface area (Å²) in [5.74, 6) is -0.940. The van der Waals surface area contributed by atoms with Crippen LogP contribution < -0.4 is 0 Å². The van der Waals surface area contributed by atoms with Gasteiger partial charge in [0.2, 0.25) is 0 Å². The summed E-state index contributed by atoms with van der Waals surface area (Å²) in [6, 6.07) is 0. The van der Waals surface area contributed by atoms with E-state index in [1.54, 1.807) is 0 Å². The summed E-state index contributed by atoms with van der Waals surface area (Å²) in [5.41, 5.74) is 0. The fraction of sp³-hybridized carbons (Fsp3) is 0.667. The maximum absolute atomic E-state index is 11.4. The van der Waals surface area contributed by atoms with Gasteiger partial charge in [0.15, 0.2) is 0 Å². The highest BCUT2D eigenvalue weighted by molar-refractivity contribution is 5.69. The molecule has 1 unspecified atom stereocenters. The Balaban J connectivity index is 3.71. The number of hydrogen-bond donors (Lipinski definition) is 1. The van der Waals surface area contributed by atoms with Crippen LogP contribution in [0.4, 0.5) is 0 Å². The Labute approximate surface area is 186 Å². The number of carboxylic acid groups (broad SMARTS) is 1. The minimum absolute atomic E-state index is 0.259. The highest BCUT2D eigenvalue weighted by Crippen LogP contribution is 2.15. The van der Waals surface area contributed by atoms with E-state index in [1.165, 1.54) is 25.7 Å². The van der Waals surface area contributed by atoms with Gasteiger partial charge < -0.3 is 9.84 Å². The highest BCUT2D eigenvalue weighted by atomic mass is 16.5. The third-order valence-corrected chi connectivity index (χ3v) is 4.97. The molecule has 0 aromatic carbocycles. The zero-order chi connectivity index (χ0) is 22.1. The van der Waals surface area contributed by atoms with Crippen molar-refractivity contribution in [2.75, 3.05) is 13.2 Å². The lowest BCUT2D eigenvalue weighted by Gasteiger charge is -2.11. The van der Waals surface area contributed by atoms with Crippen LogP contribution in [0, 0.1) is 5.92 Å². The summed E-state index contributed by atoms with van der Waals surface area (Å²) in [6.07, 6.45) is 30.9. The van der Waals surface area contributed by atoms with Gasteiger partial charge in [0.25, 0.3) is 0 Å². The second-order valence-electron chi connectivity index (χ2n) is 7.81. The first-order valence-corrected chi connectivity index (χ1v) is 12.1. The number of unbranched alkanes of at least 4 members (excludes halogenated alkanes) is 4. The monoisotopic (exact) mass is 418 g/mol. The lowest BCUT2D eigenvalue weighted by molar-refractivity contribution is -0.142. The highest BCUT2D eigenvalue weighted by Gasteiger charge is 2.15. The van der Waals surface area contributed by atoms with Crippen molar-refractivity contribution in [3.05, 3.63) is 48.6 Å². The van der Waals surface area contributed by atoms with Crippen molar-refractivity contribution in [3.63, 3.8) is 0 Å². The molecule has 0 fully saturated rings. The normalized spacial score (nSPS) is 13.4. The van der Waals surface area contributed by atoms with Crippen LogP contribution in [0.15, 0.2) is 48.6 Å². The molecule has 3 nitrogen and oxygen atoms in total. The molecule has 0 aliphatic carbocycles. The van der Waals surface area contributed by atoms with Gasteiger partial charge in [-0.2, -0.15) is 0 Å². The van der Waals surface area contributed by atoms with Crippen LogP contribution in [0.2, 0.25) is 0 Å². The van der Waals surface area contributed by atoms with Gasteiger partial charge in [0, 0.05) is 13.2 Å². The molecular formula is C27H46O3. The summed E-state index contributed by atoms with van der Waals surface area (Å²) >= 11 is 0. The van der Waals surface area contributed by atoms with Crippen LogP contribution in [-0.2, 0) is 9.53 Å². The summed E-state index contributed by atoms with van der Waals surface area (Å²) in [6.45, 7) is 5.84. The maximum atomic E-state index is 11.4. The lowest BCUT2D eigenvalue weighted by atomic mass is 9.98. The molecule has 0 aliphatic heterocycles. The first kappa shape index (κ1) is 28.4. The molecule has 0 amide bonds.